The molecule has 0 aromatic heterocycles. The predicted molar refractivity (Wildman–Crippen MR) is 72.4 cm³/mol. The van der Waals surface area contributed by atoms with Gasteiger partial charge in [0.2, 0.25) is 0 Å². The van der Waals surface area contributed by atoms with Crippen LogP contribution in [-0.2, 0) is 0 Å². The van der Waals surface area contributed by atoms with Crippen LogP contribution < -0.4 is 11.1 Å². The average Bonchev–Trinajstić information content (AvgIpc) is 2.13. The Kier molecular flexibility index (Phi) is 4.39. The highest BCUT2D eigenvalue weighted by Gasteiger charge is 2.27. The average molecular weight is 337 g/mol. The Hall–Kier alpha value is -1.08. The highest BCUT2D eigenvalue weighted by Crippen LogP contribution is 2.20. The number of thiocarbonyl (C=S) groups is 1. The van der Waals surface area contributed by atoms with Crippen molar-refractivity contribution >= 4 is 39.0 Å². The number of nitrogens with two attached hydrogens (primary N) is 1. The van der Waals surface area contributed by atoms with Gasteiger partial charge < -0.3 is 11.1 Å². The summed E-state index contributed by atoms with van der Waals surface area (Å²) in [4.78, 5) is 11.8. The van der Waals surface area contributed by atoms with E-state index < -0.39 is 28.6 Å². The molecule has 0 unspecified atom stereocenters. The van der Waals surface area contributed by atoms with Crippen molar-refractivity contribution in [2.24, 2.45) is 5.73 Å². The number of halogens is 3. The van der Waals surface area contributed by atoms with Gasteiger partial charge in [-0.1, -0.05) is 28.1 Å². The first kappa shape index (κ1) is 15.0. The van der Waals surface area contributed by atoms with Crippen molar-refractivity contribution in [3.63, 3.8) is 0 Å². The molecule has 0 spiro atoms. The predicted octanol–water partition coefficient (Wildman–Crippen LogP) is 2.52. The quantitative estimate of drug-likeness (QED) is 0.834. The van der Waals surface area contributed by atoms with E-state index in [1.165, 1.54) is 0 Å². The van der Waals surface area contributed by atoms with Gasteiger partial charge in [-0.15, -0.1) is 0 Å². The fourth-order valence-corrected chi connectivity index (χ4v) is 1.62. The van der Waals surface area contributed by atoms with E-state index in [4.69, 9.17) is 18.0 Å². The van der Waals surface area contributed by atoms with E-state index in [-0.39, 0.29) is 9.46 Å². The second kappa shape index (κ2) is 5.27. The lowest BCUT2D eigenvalue weighted by molar-refractivity contribution is 0.0923. The third-order valence-corrected chi connectivity index (χ3v) is 3.24. The summed E-state index contributed by atoms with van der Waals surface area (Å²) in [5.74, 6) is -2.83. The molecule has 1 aromatic rings. The summed E-state index contributed by atoms with van der Waals surface area (Å²) in [7, 11) is 0. The summed E-state index contributed by atoms with van der Waals surface area (Å²) in [6.45, 7) is 3.09. The zero-order valence-corrected chi connectivity index (χ0v) is 12.1. The molecular weight excluding hydrogens is 326 g/mol. The van der Waals surface area contributed by atoms with Crippen LogP contribution in [0.25, 0.3) is 0 Å². The zero-order chi connectivity index (χ0) is 14.1. The number of benzene rings is 1. The molecular formula is C11H11BrF2N2OS. The van der Waals surface area contributed by atoms with E-state index in [2.05, 4.69) is 21.2 Å². The van der Waals surface area contributed by atoms with E-state index >= 15 is 0 Å². The monoisotopic (exact) mass is 336 g/mol. The molecule has 1 rings (SSSR count). The Morgan fingerprint density at radius 3 is 2.22 bits per heavy atom. The normalized spacial score (nSPS) is 11.2. The van der Waals surface area contributed by atoms with Crippen molar-refractivity contribution in [2.45, 2.75) is 19.4 Å². The standard InChI is InChI=1S/C11H11BrF2N2OS/c1-11(2,10(15)18)16-9(17)8-6(13)3-5(12)4-7(8)14/h3-4H,1-2H3,(H2,15,18)(H,16,17). The van der Waals surface area contributed by atoms with Gasteiger partial charge in [-0.05, 0) is 26.0 Å². The smallest absolute Gasteiger partial charge is 0.258 e. The van der Waals surface area contributed by atoms with Crippen LogP contribution in [0.1, 0.15) is 24.2 Å². The maximum absolute atomic E-state index is 13.5. The Morgan fingerprint density at radius 2 is 1.83 bits per heavy atom. The molecule has 0 atom stereocenters. The second-order valence-electron chi connectivity index (χ2n) is 4.19. The van der Waals surface area contributed by atoms with Crippen LogP contribution in [0, 0.1) is 11.6 Å². The van der Waals surface area contributed by atoms with Gasteiger partial charge in [-0.25, -0.2) is 8.78 Å². The molecule has 98 valence electrons. The number of carbonyl (C=O) groups is 1. The molecule has 0 aliphatic rings. The lowest BCUT2D eigenvalue weighted by Crippen LogP contribution is -2.52. The number of amides is 1. The molecule has 1 amide bonds. The van der Waals surface area contributed by atoms with Crippen LogP contribution in [0.15, 0.2) is 16.6 Å². The molecule has 0 saturated carbocycles. The minimum Gasteiger partial charge on any atom is -0.391 e. The van der Waals surface area contributed by atoms with Crippen LogP contribution in [0.3, 0.4) is 0 Å². The first-order valence-electron chi connectivity index (χ1n) is 4.92. The van der Waals surface area contributed by atoms with Crippen molar-refractivity contribution in [2.75, 3.05) is 0 Å². The van der Waals surface area contributed by atoms with Crippen molar-refractivity contribution in [1.82, 2.24) is 5.32 Å². The number of nitrogens with one attached hydrogen (secondary N) is 1. The first-order chi connectivity index (χ1) is 8.15. The molecule has 18 heavy (non-hydrogen) atoms. The Labute approximate surface area is 117 Å². The Balaban J connectivity index is 3.10. The van der Waals surface area contributed by atoms with Gasteiger partial charge in [0, 0.05) is 4.47 Å². The first-order valence-corrected chi connectivity index (χ1v) is 6.12. The minimum absolute atomic E-state index is 0.0220. The summed E-state index contributed by atoms with van der Waals surface area (Å²) in [5, 5.41) is 2.37. The van der Waals surface area contributed by atoms with Crippen molar-refractivity contribution in [1.29, 1.82) is 0 Å². The molecule has 0 radical (unpaired) electrons. The minimum atomic E-state index is -1.03. The van der Waals surface area contributed by atoms with Gasteiger partial charge in [-0.2, -0.15) is 0 Å². The summed E-state index contributed by atoms with van der Waals surface area (Å²) < 4.78 is 27.3. The van der Waals surface area contributed by atoms with Crippen molar-refractivity contribution < 1.29 is 13.6 Å². The van der Waals surface area contributed by atoms with Gasteiger partial charge in [0.25, 0.3) is 5.91 Å². The van der Waals surface area contributed by atoms with Crippen LogP contribution >= 0.6 is 28.1 Å². The summed E-state index contributed by atoms with van der Waals surface area (Å²) in [5.41, 5.74) is 3.72. The molecule has 0 aliphatic heterocycles. The molecule has 7 heteroatoms. The topological polar surface area (TPSA) is 55.1 Å². The van der Waals surface area contributed by atoms with Gasteiger partial charge >= 0.3 is 0 Å². The Morgan fingerprint density at radius 1 is 1.39 bits per heavy atom. The molecule has 0 bridgehead atoms. The van der Waals surface area contributed by atoms with Gasteiger partial charge in [0.15, 0.2) is 0 Å². The van der Waals surface area contributed by atoms with Gasteiger partial charge in [-0.3, -0.25) is 4.79 Å². The van der Waals surface area contributed by atoms with Crippen LogP contribution in [-0.4, -0.2) is 16.4 Å². The fraction of sp³-hybridized carbons (Fsp3) is 0.273. The lowest BCUT2D eigenvalue weighted by atomic mass is 10.0. The van der Waals surface area contributed by atoms with Crippen LogP contribution in [0.2, 0.25) is 0 Å². The van der Waals surface area contributed by atoms with Gasteiger partial charge in [0.1, 0.15) is 17.2 Å². The van der Waals surface area contributed by atoms with Gasteiger partial charge in [0.05, 0.1) is 10.5 Å². The molecule has 1 aromatic carbocycles. The highest BCUT2D eigenvalue weighted by atomic mass is 79.9. The molecule has 3 nitrogen and oxygen atoms in total. The molecule has 3 N–H and O–H groups in total. The van der Waals surface area contributed by atoms with E-state index in [0.717, 1.165) is 12.1 Å². The largest absolute Gasteiger partial charge is 0.391 e. The number of carbonyl (C=O) groups excluding carboxylic acids is 1. The maximum atomic E-state index is 13.5. The third kappa shape index (κ3) is 3.23. The SMILES string of the molecule is CC(C)(NC(=O)c1c(F)cc(Br)cc1F)C(N)=S. The van der Waals surface area contributed by atoms with Crippen molar-refractivity contribution in [3.05, 3.63) is 33.8 Å². The summed E-state index contributed by atoms with van der Waals surface area (Å²) >= 11 is 7.68. The number of rotatable bonds is 3. The molecule has 0 fully saturated rings. The van der Waals surface area contributed by atoms with E-state index in [0.29, 0.717) is 0 Å². The van der Waals surface area contributed by atoms with Crippen LogP contribution in [0.5, 0.6) is 0 Å². The summed E-state index contributed by atoms with van der Waals surface area (Å²) in [6.07, 6.45) is 0. The number of hydrogen-bond donors (Lipinski definition) is 2. The Bertz CT molecular complexity index is 497. The lowest BCUT2D eigenvalue weighted by Gasteiger charge is -2.24. The molecule has 0 heterocycles. The van der Waals surface area contributed by atoms with E-state index in [1.54, 1.807) is 13.8 Å². The number of hydrogen-bond acceptors (Lipinski definition) is 2. The van der Waals surface area contributed by atoms with Crippen LogP contribution in [0.4, 0.5) is 8.78 Å². The molecule has 0 saturated heterocycles. The summed E-state index contributed by atoms with van der Waals surface area (Å²) in [6, 6.07) is 2.01. The third-order valence-electron chi connectivity index (χ3n) is 2.28. The second-order valence-corrected chi connectivity index (χ2v) is 5.54. The zero-order valence-electron chi connectivity index (χ0n) is 9.68. The maximum Gasteiger partial charge on any atom is 0.258 e. The van der Waals surface area contributed by atoms with E-state index in [1.807, 2.05) is 0 Å². The van der Waals surface area contributed by atoms with E-state index in [9.17, 15) is 13.6 Å². The molecule has 0 aliphatic carbocycles. The van der Waals surface area contributed by atoms with Crippen molar-refractivity contribution in [3.8, 4) is 0 Å². The fourth-order valence-electron chi connectivity index (χ4n) is 1.17. The highest BCUT2D eigenvalue weighted by molar-refractivity contribution is 9.10.